The Hall–Kier alpha value is -0.390. The molecule has 76 valence electrons. The summed E-state index contributed by atoms with van der Waals surface area (Å²) in [4.78, 5) is 11.9. The van der Waals surface area contributed by atoms with E-state index >= 15 is 0 Å². The van der Waals surface area contributed by atoms with Crippen molar-refractivity contribution in [2.45, 2.75) is 24.3 Å². The average Bonchev–Trinajstić information content (AvgIpc) is 2.83. The number of carboxylic acid groups (broad SMARTS) is 1. The zero-order valence-electron chi connectivity index (χ0n) is 7.37. The number of carboxylic acids is 1. The van der Waals surface area contributed by atoms with Gasteiger partial charge in [-0.3, -0.25) is 4.79 Å². The minimum atomic E-state index is -0.914. The van der Waals surface area contributed by atoms with Crippen molar-refractivity contribution in [1.29, 1.82) is 0 Å². The molecule has 1 atom stereocenters. The summed E-state index contributed by atoms with van der Waals surface area (Å²) in [5, 5.41) is 10.9. The Bertz CT molecular complexity index is 373. The summed E-state index contributed by atoms with van der Waals surface area (Å²) in [7, 11) is 0. The number of hydrogen-bond donors (Lipinski definition) is 2. The second kappa shape index (κ2) is 3.32. The molecule has 1 heterocycles. The fourth-order valence-electron chi connectivity index (χ4n) is 1.70. The zero-order valence-corrected chi connectivity index (χ0v) is 9.77. The van der Waals surface area contributed by atoms with E-state index < -0.39 is 12.0 Å². The third-order valence-corrected chi connectivity index (χ3v) is 4.78. The predicted octanol–water partition coefficient (Wildman–Crippen LogP) is 1.95. The van der Waals surface area contributed by atoms with Crippen LogP contribution in [0.15, 0.2) is 15.9 Å². The van der Waals surface area contributed by atoms with Crippen molar-refractivity contribution in [1.82, 2.24) is 0 Å². The van der Waals surface area contributed by atoms with Gasteiger partial charge in [-0.15, -0.1) is 11.3 Å². The molecule has 1 fully saturated rings. The van der Waals surface area contributed by atoms with Crippen LogP contribution in [-0.2, 0) is 10.2 Å². The molecule has 1 saturated carbocycles. The highest BCUT2D eigenvalue weighted by Gasteiger charge is 2.54. The molecule has 5 heteroatoms. The molecule has 0 bridgehead atoms. The van der Waals surface area contributed by atoms with Crippen molar-refractivity contribution in [3.63, 3.8) is 0 Å². The Balaban J connectivity index is 2.34. The smallest absolute Gasteiger partial charge is 0.321 e. The molecule has 3 N–H and O–H groups in total. The van der Waals surface area contributed by atoms with Crippen molar-refractivity contribution in [3.05, 3.63) is 20.8 Å². The van der Waals surface area contributed by atoms with Gasteiger partial charge in [-0.1, -0.05) is 0 Å². The summed E-state index contributed by atoms with van der Waals surface area (Å²) in [5.74, 6) is -0.914. The van der Waals surface area contributed by atoms with Crippen LogP contribution >= 0.6 is 27.3 Å². The number of hydrogen-bond acceptors (Lipinski definition) is 3. The van der Waals surface area contributed by atoms with E-state index in [4.69, 9.17) is 10.8 Å². The lowest BCUT2D eigenvalue weighted by atomic mass is 9.95. The molecule has 0 aliphatic heterocycles. The van der Waals surface area contributed by atoms with Gasteiger partial charge in [0.15, 0.2) is 0 Å². The maximum Gasteiger partial charge on any atom is 0.321 e. The molecule has 14 heavy (non-hydrogen) atoms. The van der Waals surface area contributed by atoms with E-state index in [0.717, 1.165) is 22.2 Å². The van der Waals surface area contributed by atoms with Gasteiger partial charge in [0.2, 0.25) is 0 Å². The number of rotatable bonds is 3. The van der Waals surface area contributed by atoms with Crippen molar-refractivity contribution >= 4 is 33.2 Å². The molecule has 0 amide bonds. The number of carbonyl (C=O) groups is 1. The molecule has 1 aliphatic carbocycles. The lowest BCUT2D eigenvalue weighted by molar-refractivity contribution is -0.139. The van der Waals surface area contributed by atoms with Crippen molar-refractivity contribution in [2.24, 2.45) is 5.73 Å². The van der Waals surface area contributed by atoms with E-state index in [2.05, 4.69) is 15.9 Å². The van der Waals surface area contributed by atoms with E-state index in [1.54, 1.807) is 11.3 Å². The second-order valence-corrected chi connectivity index (χ2v) is 5.34. The average molecular weight is 276 g/mol. The van der Waals surface area contributed by atoms with E-state index in [9.17, 15) is 4.79 Å². The van der Waals surface area contributed by atoms with Crippen molar-refractivity contribution in [3.8, 4) is 0 Å². The zero-order chi connectivity index (χ0) is 10.3. The predicted molar refractivity (Wildman–Crippen MR) is 58.5 cm³/mol. The molecule has 1 aliphatic rings. The molecule has 0 saturated heterocycles. The van der Waals surface area contributed by atoms with Gasteiger partial charge in [0.1, 0.15) is 6.04 Å². The molecular weight excluding hydrogens is 266 g/mol. The standard InChI is InChI=1S/C9H10BrNO2S/c10-5-1-4-14-7(5)9(2-3-9)6(11)8(12)13/h1,4,6H,2-3,11H2,(H,12,13). The monoisotopic (exact) mass is 275 g/mol. The van der Waals surface area contributed by atoms with E-state index in [1.165, 1.54) is 0 Å². The fourth-order valence-corrected chi connectivity index (χ4v) is 3.77. The topological polar surface area (TPSA) is 63.3 Å². The third kappa shape index (κ3) is 1.39. The van der Waals surface area contributed by atoms with Gasteiger partial charge < -0.3 is 10.8 Å². The number of halogens is 1. The SMILES string of the molecule is NC(C(=O)O)C1(c2sccc2Br)CC1. The molecule has 0 spiro atoms. The Morgan fingerprint density at radius 1 is 1.71 bits per heavy atom. The lowest BCUT2D eigenvalue weighted by Crippen LogP contribution is -2.41. The van der Waals surface area contributed by atoms with Crippen LogP contribution in [0.25, 0.3) is 0 Å². The molecule has 1 aromatic rings. The Kier molecular flexibility index (Phi) is 2.41. The first kappa shape index (κ1) is 10.1. The summed E-state index contributed by atoms with van der Waals surface area (Å²) < 4.78 is 0.983. The van der Waals surface area contributed by atoms with Crippen LogP contribution in [0.5, 0.6) is 0 Å². The highest BCUT2D eigenvalue weighted by Crippen LogP contribution is 2.54. The van der Waals surface area contributed by atoms with Crippen LogP contribution in [-0.4, -0.2) is 17.1 Å². The molecule has 0 aromatic carbocycles. The highest BCUT2D eigenvalue weighted by molar-refractivity contribution is 9.10. The molecule has 0 radical (unpaired) electrons. The fraction of sp³-hybridized carbons (Fsp3) is 0.444. The van der Waals surface area contributed by atoms with Crippen molar-refractivity contribution in [2.75, 3.05) is 0 Å². The maximum atomic E-state index is 10.9. The summed E-state index contributed by atoms with van der Waals surface area (Å²) in [6.45, 7) is 0. The Morgan fingerprint density at radius 2 is 2.36 bits per heavy atom. The first-order valence-electron chi connectivity index (χ1n) is 4.30. The molecule has 1 aromatic heterocycles. The number of thiophene rings is 1. The summed E-state index contributed by atoms with van der Waals surface area (Å²) in [6, 6.07) is 1.16. The van der Waals surface area contributed by atoms with Crippen LogP contribution in [0.1, 0.15) is 17.7 Å². The van der Waals surface area contributed by atoms with E-state index in [-0.39, 0.29) is 5.41 Å². The summed E-state index contributed by atoms with van der Waals surface area (Å²) in [5.41, 5.74) is 5.40. The summed E-state index contributed by atoms with van der Waals surface area (Å²) in [6.07, 6.45) is 1.75. The normalized spacial score (nSPS) is 20.4. The van der Waals surface area contributed by atoms with Gasteiger partial charge in [-0.05, 0) is 40.2 Å². The van der Waals surface area contributed by atoms with Gasteiger partial charge >= 0.3 is 5.97 Å². The van der Waals surface area contributed by atoms with Crippen LogP contribution in [0.3, 0.4) is 0 Å². The largest absolute Gasteiger partial charge is 0.480 e. The van der Waals surface area contributed by atoms with Gasteiger partial charge in [-0.25, -0.2) is 0 Å². The van der Waals surface area contributed by atoms with Gasteiger partial charge in [0.05, 0.1) is 0 Å². The molecule has 1 unspecified atom stereocenters. The second-order valence-electron chi connectivity index (χ2n) is 3.57. The van der Waals surface area contributed by atoms with Gasteiger partial charge in [-0.2, -0.15) is 0 Å². The van der Waals surface area contributed by atoms with Crippen LogP contribution in [0.4, 0.5) is 0 Å². The quantitative estimate of drug-likeness (QED) is 0.887. The van der Waals surface area contributed by atoms with E-state index in [1.807, 2.05) is 11.4 Å². The lowest BCUT2D eigenvalue weighted by Gasteiger charge is -2.18. The minimum Gasteiger partial charge on any atom is -0.480 e. The first-order chi connectivity index (χ1) is 6.58. The third-order valence-electron chi connectivity index (χ3n) is 2.72. The highest BCUT2D eigenvalue weighted by atomic mass is 79.9. The Morgan fingerprint density at radius 3 is 2.71 bits per heavy atom. The maximum absolute atomic E-state index is 10.9. The van der Waals surface area contributed by atoms with Crippen molar-refractivity contribution < 1.29 is 9.90 Å². The Labute approximate surface area is 94.1 Å². The first-order valence-corrected chi connectivity index (χ1v) is 5.97. The molecular formula is C9H10BrNO2S. The van der Waals surface area contributed by atoms with Crippen LogP contribution in [0.2, 0.25) is 0 Å². The van der Waals surface area contributed by atoms with E-state index in [0.29, 0.717) is 0 Å². The number of aliphatic carboxylic acids is 1. The van der Waals surface area contributed by atoms with Crippen LogP contribution in [0, 0.1) is 0 Å². The number of nitrogens with two attached hydrogens (primary N) is 1. The summed E-state index contributed by atoms with van der Waals surface area (Å²) >= 11 is 5.00. The van der Waals surface area contributed by atoms with Gasteiger partial charge in [0.25, 0.3) is 0 Å². The molecule has 3 nitrogen and oxygen atoms in total. The van der Waals surface area contributed by atoms with Crippen LogP contribution < -0.4 is 5.73 Å². The minimum absolute atomic E-state index is 0.307. The van der Waals surface area contributed by atoms with Gasteiger partial charge in [0, 0.05) is 14.8 Å². The molecule has 2 rings (SSSR count).